The largest absolute Gasteiger partial charge is 0.466 e. The van der Waals surface area contributed by atoms with Crippen molar-refractivity contribution in [2.75, 3.05) is 14.2 Å². The van der Waals surface area contributed by atoms with Gasteiger partial charge in [-0.1, -0.05) is 13.8 Å². The number of nitrogens with one attached hydrogen (secondary N) is 2. The van der Waals surface area contributed by atoms with Crippen molar-refractivity contribution in [3.63, 3.8) is 0 Å². The second-order valence-electron chi connectivity index (χ2n) is 6.92. The molecule has 1 heterocycles. The Labute approximate surface area is 133 Å². The molecule has 0 spiro atoms. The number of rotatable bonds is 4. The predicted molar refractivity (Wildman–Crippen MR) is 89.1 cm³/mol. The van der Waals surface area contributed by atoms with E-state index in [0.29, 0.717) is 12.6 Å². The van der Waals surface area contributed by atoms with Gasteiger partial charge in [-0.15, -0.1) is 0 Å². The molecule has 0 aromatic carbocycles. The van der Waals surface area contributed by atoms with Crippen LogP contribution in [-0.2, 0) is 11.3 Å². The van der Waals surface area contributed by atoms with Crippen LogP contribution in [0, 0.1) is 19.3 Å². The molecule has 0 bridgehead atoms. The summed E-state index contributed by atoms with van der Waals surface area (Å²) >= 11 is 0. The SMILES string of the molecule is CN=C(NCc1cc(C)oc1C)NC1CC(C)(OC)C1(C)C. The first-order valence-corrected chi connectivity index (χ1v) is 7.82. The lowest BCUT2D eigenvalue weighted by molar-refractivity contribution is -0.176. The van der Waals surface area contributed by atoms with Gasteiger partial charge in [0.2, 0.25) is 0 Å². The molecule has 1 aliphatic rings. The summed E-state index contributed by atoms with van der Waals surface area (Å²) in [4.78, 5) is 4.32. The van der Waals surface area contributed by atoms with Crippen molar-refractivity contribution in [1.29, 1.82) is 0 Å². The number of furan rings is 1. The van der Waals surface area contributed by atoms with Crippen molar-refractivity contribution in [1.82, 2.24) is 10.6 Å². The van der Waals surface area contributed by atoms with E-state index in [1.165, 1.54) is 0 Å². The summed E-state index contributed by atoms with van der Waals surface area (Å²) in [6.45, 7) is 11.3. The van der Waals surface area contributed by atoms with Crippen LogP contribution in [0.1, 0.15) is 44.3 Å². The Morgan fingerprint density at radius 2 is 2.09 bits per heavy atom. The molecule has 1 fully saturated rings. The first-order valence-electron chi connectivity index (χ1n) is 7.82. The topological polar surface area (TPSA) is 58.8 Å². The molecule has 2 rings (SSSR count). The molecule has 0 amide bonds. The molecule has 2 N–H and O–H groups in total. The number of hydrogen-bond acceptors (Lipinski definition) is 3. The van der Waals surface area contributed by atoms with Crippen LogP contribution in [-0.4, -0.2) is 31.8 Å². The lowest BCUT2D eigenvalue weighted by Gasteiger charge is -2.59. The third-order valence-corrected chi connectivity index (χ3v) is 5.40. The highest BCUT2D eigenvalue weighted by Crippen LogP contribution is 2.51. The van der Waals surface area contributed by atoms with Crippen molar-refractivity contribution < 1.29 is 9.15 Å². The number of aryl methyl sites for hydroxylation is 2. The molecule has 22 heavy (non-hydrogen) atoms. The van der Waals surface area contributed by atoms with Crippen LogP contribution >= 0.6 is 0 Å². The molecular weight excluding hydrogens is 278 g/mol. The van der Waals surface area contributed by atoms with Gasteiger partial charge in [-0.3, -0.25) is 4.99 Å². The molecule has 0 aliphatic heterocycles. The molecule has 0 saturated heterocycles. The minimum Gasteiger partial charge on any atom is -0.466 e. The zero-order chi connectivity index (χ0) is 16.5. The van der Waals surface area contributed by atoms with Crippen LogP contribution in [0.3, 0.4) is 0 Å². The van der Waals surface area contributed by atoms with E-state index in [1.54, 1.807) is 14.2 Å². The van der Waals surface area contributed by atoms with Gasteiger partial charge in [0.25, 0.3) is 0 Å². The Morgan fingerprint density at radius 1 is 1.41 bits per heavy atom. The van der Waals surface area contributed by atoms with Crippen LogP contribution in [0.2, 0.25) is 0 Å². The first kappa shape index (κ1) is 16.9. The molecule has 2 atom stereocenters. The van der Waals surface area contributed by atoms with Crippen molar-refractivity contribution >= 4 is 5.96 Å². The molecule has 1 saturated carbocycles. The molecule has 124 valence electrons. The maximum Gasteiger partial charge on any atom is 0.191 e. The highest BCUT2D eigenvalue weighted by Gasteiger charge is 2.58. The fourth-order valence-corrected chi connectivity index (χ4v) is 3.12. The molecule has 1 aromatic heterocycles. The lowest BCUT2D eigenvalue weighted by Crippen LogP contribution is -2.69. The van der Waals surface area contributed by atoms with E-state index >= 15 is 0 Å². The third-order valence-electron chi connectivity index (χ3n) is 5.40. The van der Waals surface area contributed by atoms with Crippen LogP contribution in [0.5, 0.6) is 0 Å². The van der Waals surface area contributed by atoms with Crippen LogP contribution in [0.4, 0.5) is 0 Å². The summed E-state index contributed by atoms with van der Waals surface area (Å²) in [5, 5.41) is 6.87. The highest BCUT2D eigenvalue weighted by atomic mass is 16.5. The average molecular weight is 307 g/mol. The number of hydrogen-bond donors (Lipinski definition) is 2. The summed E-state index contributed by atoms with van der Waals surface area (Å²) in [5.74, 6) is 2.71. The maximum atomic E-state index is 5.67. The van der Waals surface area contributed by atoms with E-state index in [9.17, 15) is 0 Å². The van der Waals surface area contributed by atoms with E-state index in [2.05, 4.69) is 42.5 Å². The minimum absolute atomic E-state index is 0.0571. The average Bonchev–Trinajstić information content (AvgIpc) is 2.79. The first-order chi connectivity index (χ1) is 10.2. The Kier molecular flexibility index (Phi) is 4.57. The summed E-state index contributed by atoms with van der Waals surface area (Å²) in [6.07, 6.45) is 0.973. The van der Waals surface area contributed by atoms with Gasteiger partial charge in [-0.2, -0.15) is 0 Å². The molecule has 1 aliphatic carbocycles. The Bertz CT molecular complexity index is 562. The summed E-state index contributed by atoms with van der Waals surface area (Å²) in [7, 11) is 3.58. The van der Waals surface area contributed by atoms with Crippen molar-refractivity contribution in [2.24, 2.45) is 10.4 Å². The summed E-state index contributed by atoms with van der Waals surface area (Å²) in [6, 6.07) is 2.40. The van der Waals surface area contributed by atoms with Crippen LogP contribution < -0.4 is 10.6 Å². The molecule has 1 aromatic rings. The smallest absolute Gasteiger partial charge is 0.191 e. The van der Waals surface area contributed by atoms with Crippen LogP contribution in [0.15, 0.2) is 15.5 Å². The van der Waals surface area contributed by atoms with Gasteiger partial charge in [0.1, 0.15) is 11.5 Å². The Hall–Kier alpha value is -1.49. The fraction of sp³-hybridized carbons (Fsp3) is 0.706. The standard InChI is InChI=1S/C17H29N3O2/c1-11-8-13(12(2)22-11)10-19-15(18-6)20-14-9-17(5,21-7)16(14,3)4/h8,14H,9-10H2,1-7H3,(H2,18,19,20). The second-order valence-corrected chi connectivity index (χ2v) is 6.92. The van der Waals surface area contributed by atoms with Gasteiger partial charge >= 0.3 is 0 Å². The van der Waals surface area contributed by atoms with E-state index < -0.39 is 0 Å². The highest BCUT2D eigenvalue weighted by molar-refractivity contribution is 5.80. The van der Waals surface area contributed by atoms with Gasteiger partial charge in [-0.25, -0.2) is 0 Å². The second kappa shape index (κ2) is 5.95. The molecule has 5 nitrogen and oxygen atoms in total. The monoisotopic (exact) mass is 307 g/mol. The predicted octanol–water partition coefficient (Wildman–Crippen LogP) is 2.77. The van der Waals surface area contributed by atoms with Crippen molar-refractivity contribution in [2.45, 2.75) is 59.2 Å². The van der Waals surface area contributed by atoms with Gasteiger partial charge in [0.05, 0.1) is 5.60 Å². The molecule has 2 unspecified atom stereocenters. The van der Waals surface area contributed by atoms with Gasteiger partial charge in [0, 0.05) is 37.7 Å². The van der Waals surface area contributed by atoms with E-state index in [0.717, 1.165) is 29.5 Å². The Morgan fingerprint density at radius 3 is 2.55 bits per heavy atom. The van der Waals surface area contributed by atoms with E-state index in [1.807, 2.05) is 13.8 Å². The minimum atomic E-state index is -0.0816. The third kappa shape index (κ3) is 2.86. The molecule has 5 heteroatoms. The Balaban J connectivity index is 1.93. The zero-order valence-corrected chi connectivity index (χ0v) is 14.8. The normalized spacial score (nSPS) is 27.4. The molecular formula is C17H29N3O2. The summed E-state index contributed by atoms with van der Waals surface area (Å²) < 4.78 is 11.2. The zero-order valence-electron chi connectivity index (χ0n) is 14.8. The van der Waals surface area contributed by atoms with E-state index in [-0.39, 0.29) is 11.0 Å². The van der Waals surface area contributed by atoms with Crippen molar-refractivity contribution in [3.8, 4) is 0 Å². The molecule has 0 radical (unpaired) electrons. The quantitative estimate of drug-likeness (QED) is 0.663. The van der Waals surface area contributed by atoms with Crippen molar-refractivity contribution in [3.05, 3.63) is 23.2 Å². The number of ether oxygens (including phenoxy) is 1. The number of methoxy groups -OCH3 is 1. The summed E-state index contributed by atoms with van der Waals surface area (Å²) in [5.41, 5.74) is 1.14. The fourth-order valence-electron chi connectivity index (χ4n) is 3.12. The van der Waals surface area contributed by atoms with Crippen LogP contribution in [0.25, 0.3) is 0 Å². The van der Waals surface area contributed by atoms with Gasteiger partial charge < -0.3 is 19.8 Å². The number of guanidine groups is 1. The maximum absolute atomic E-state index is 5.67. The number of aliphatic imine (C=N–C) groups is 1. The van der Waals surface area contributed by atoms with Gasteiger partial charge in [-0.05, 0) is 33.3 Å². The number of nitrogens with zero attached hydrogens (tertiary/aromatic N) is 1. The van der Waals surface area contributed by atoms with Gasteiger partial charge in [0.15, 0.2) is 5.96 Å². The lowest BCUT2D eigenvalue weighted by atomic mass is 9.56. The van der Waals surface area contributed by atoms with E-state index in [4.69, 9.17) is 9.15 Å².